The Bertz CT molecular complexity index is 699. The summed E-state index contributed by atoms with van der Waals surface area (Å²) in [6.07, 6.45) is 0.0157. The number of benzene rings is 1. The Morgan fingerprint density at radius 2 is 1.88 bits per heavy atom. The van der Waals surface area contributed by atoms with Gasteiger partial charge in [-0.05, 0) is 29.1 Å². The molecule has 1 amide bonds. The number of hydrogen-bond acceptors (Lipinski definition) is 6. The van der Waals surface area contributed by atoms with Gasteiger partial charge in [-0.25, -0.2) is 0 Å². The summed E-state index contributed by atoms with van der Waals surface area (Å²) in [5.74, 6) is 0.428. The lowest BCUT2D eigenvalue weighted by Gasteiger charge is -2.19. The van der Waals surface area contributed by atoms with Gasteiger partial charge in [-0.1, -0.05) is 6.07 Å². The molecule has 0 unspecified atom stereocenters. The standard InChI is InChI=1S/C17H19NO5S/c1-21-14-5-4-11(8-15(14)22-2)13(9-16(19)23-3)18-17(20)12-6-7-24-10-12/h4-8,10,13H,9H2,1-3H3,(H,18,20)/t13-/m1/s1. The van der Waals surface area contributed by atoms with Crippen LogP contribution in [0.25, 0.3) is 0 Å². The molecule has 1 atom stereocenters. The molecule has 6 nitrogen and oxygen atoms in total. The molecule has 1 aromatic carbocycles. The average Bonchev–Trinajstić information content (AvgIpc) is 3.15. The lowest BCUT2D eigenvalue weighted by Crippen LogP contribution is -2.30. The van der Waals surface area contributed by atoms with Gasteiger partial charge >= 0.3 is 5.97 Å². The van der Waals surface area contributed by atoms with Gasteiger partial charge in [0.05, 0.1) is 39.4 Å². The highest BCUT2D eigenvalue weighted by atomic mass is 32.1. The van der Waals surface area contributed by atoms with Gasteiger partial charge in [0.15, 0.2) is 11.5 Å². The topological polar surface area (TPSA) is 73.9 Å². The maximum atomic E-state index is 12.3. The average molecular weight is 349 g/mol. The van der Waals surface area contributed by atoms with Crippen LogP contribution in [0.5, 0.6) is 11.5 Å². The van der Waals surface area contributed by atoms with Gasteiger partial charge in [-0.3, -0.25) is 9.59 Å². The van der Waals surface area contributed by atoms with Gasteiger partial charge in [-0.2, -0.15) is 11.3 Å². The van der Waals surface area contributed by atoms with E-state index >= 15 is 0 Å². The second-order valence-electron chi connectivity index (χ2n) is 4.93. The van der Waals surface area contributed by atoms with Crippen LogP contribution >= 0.6 is 11.3 Å². The molecular weight excluding hydrogens is 330 g/mol. The lowest BCUT2D eigenvalue weighted by molar-refractivity contribution is -0.141. The molecule has 0 fully saturated rings. The fourth-order valence-corrected chi connectivity index (χ4v) is 2.84. The van der Waals surface area contributed by atoms with E-state index in [1.54, 1.807) is 36.8 Å². The first kappa shape index (κ1) is 17.8. The molecule has 2 aromatic rings. The number of methoxy groups -OCH3 is 3. The fraction of sp³-hybridized carbons (Fsp3) is 0.294. The van der Waals surface area contributed by atoms with Crippen LogP contribution in [0.4, 0.5) is 0 Å². The molecule has 128 valence electrons. The van der Waals surface area contributed by atoms with Crippen LogP contribution in [0.15, 0.2) is 35.0 Å². The predicted molar refractivity (Wildman–Crippen MR) is 90.7 cm³/mol. The van der Waals surface area contributed by atoms with Crippen LogP contribution in [-0.2, 0) is 9.53 Å². The predicted octanol–water partition coefficient (Wildman–Crippen LogP) is 2.80. The molecule has 0 aliphatic rings. The van der Waals surface area contributed by atoms with Gasteiger partial charge in [0.1, 0.15) is 0 Å². The third kappa shape index (κ3) is 4.26. The Balaban J connectivity index is 2.28. The summed E-state index contributed by atoms with van der Waals surface area (Å²) in [5.41, 5.74) is 1.27. The van der Waals surface area contributed by atoms with Crippen molar-refractivity contribution >= 4 is 23.2 Å². The Labute approximate surface area is 144 Å². The van der Waals surface area contributed by atoms with Crippen molar-refractivity contribution in [1.82, 2.24) is 5.32 Å². The normalized spacial score (nSPS) is 11.5. The van der Waals surface area contributed by atoms with Gasteiger partial charge in [-0.15, -0.1) is 0 Å². The highest BCUT2D eigenvalue weighted by Gasteiger charge is 2.21. The van der Waals surface area contributed by atoms with E-state index in [-0.39, 0.29) is 12.3 Å². The molecule has 0 saturated carbocycles. The van der Waals surface area contributed by atoms with Crippen molar-refractivity contribution in [3.8, 4) is 11.5 Å². The number of esters is 1. The number of amides is 1. The molecule has 0 radical (unpaired) electrons. The Morgan fingerprint density at radius 1 is 1.12 bits per heavy atom. The van der Waals surface area contributed by atoms with E-state index in [2.05, 4.69) is 5.32 Å². The second-order valence-corrected chi connectivity index (χ2v) is 5.71. The van der Waals surface area contributed by atoms with Crippen LogP contribution in [0.1, 0.15) is 28.4 Å². The van der Waals surface area contributed by atoms with E-state index in [1.807, 2.05) is 5.38 Å². The van der Waals surface area contributed by atoms with E-state index < -0.39 is 12.0 Å². The van der Waals surface area contributed by atoms with Crippen LogP contribution in [0.2, 0.25) is 0 Å². The SMILES string of the molecule is COC(=O)C[C@@H](NC(=O)c1ccsc1)c1ccc(OC)c(OC)c1. The van der Waals surface area contributed by atoms with E-state index in [0.717, 1.165) is 5.56 Å². The maximum absolute atomic E-state index is 12.3. The zero-order valence-corrected chi connectivity index (χ0v) is 14.5. The molecule has 0 aliphatic heterocycles. The van der Waals surface area contributed by atoms with Crippen molar-refractivity contribution in [3.63, 3.8) is 0 Å². The number of ether oxygens (including phenoxy) is 3. The number of carbonyl (C=O) groups excluding carboxylic acids is 2. The van der Waals surface area contributed by atoms with E-state index in [0.29, 0.717) is 17.1 Å². The number of nitrogens with one attached hydrogen (secondary N) is 1. The zero-order valence-electron chi connectivity index (χ0n) is 13.7. The molecule has 0 aliphatic carbocycles. The minimum Gasteiger partial charge on any atom is -0.493 e. The quantitative estimate of drug-likeness (QED) is 0.778. The molecule has 24 heavy (non-hydrogen) atoms. The molecule has 7 heteroatoms. The summed E-state index contributed by atoms with van der Waals surface area (Å²) in [5, 5.41) is 6.43. The summed E-state index contributed by atoms with van der Waals surface area (Å²) in [7, 11) is 4.39. The van der Waals surface area contributed by atoms with Gasteiger partial charge in [0.25, 0.3) is 5.91 Å². The summed E-state index contributed by atoms with van der Waals surface area (Å²) in [6, 6.07) is 6.44. The van der Waals surface area contributed by atoms with Gasteiger partial charge < -0.3 is 19.5 Å². The first-order valence-corrected chi connectivity index (χ1v) is 8.15. The first-order chi connectivity index (χ1) is 11.6. The van der Waals surface area contributed by atoms with Gasteiger partial charge in [0, 0.05) is 5.38 Å². The highest BCUT2D eigenvalue weighted by molar-refractivity contribution is 7.08. The van der Waals surface area contributed by atoms with E-state index in [1.165, 1.54) is 25.6 Å². The highest BCUT2D eigenvalue weighted by Crippen LogP contribution is 2.31. The fourth-order valence-electron chi connectivity index (χ4n) is 2.21. The molecule has 1 heterocycles. The number of thiophene rings is 1. The third-order valence-corrected chi connectivity index (χ3v) is 4.18. The minimum atomic E-state index is -0.537. The smallest absolute Gasteiger partial charge is 0.307 e. The Hall–Kier alpha value is -2.54. The summed E-state index contributed by atoms with van der Waals surface area (Å²) < 4.78 is 15.2. The Morgan fingerprint density at radius 3 is 2.46 bits per heavy atom. The molecule has 0 saturated heterocycles. The molecule has 1 aromatic heterocycles. The molecule has 0 bridgehead atoms. The summed E-state index contributed by atoms with van der Waals surface area (Å²) in [6.45, 7) is 0. The number of rotatable bonds is 7. The largest absolute Gasteiger partial charge is 0.493 e. The van der Waals surface area contributed by atoms with E-state index in [9.17, 15) is 9.59 Å². The van der Waals surface area contributed by atoms with E-state index in [4.69, 9.17) is 14.2 Å². The zero-order chi connectivity index (χ0) is 17.5. The van der Waals surface area contributed by atoms with Gasteiger partial charge in [0.2, 0.25) is 0 Å². The third-order valence-electron chi connectivity index (χ3n) is 3.50. The summed E-state index contributed by atoms with van der Waals surface area (Å²) >= 11 is 1.43. The molecule has 1 N–H and O–H groups in total. The van der Waals surface area contributed by atoms with Crippen molar-refractivity contribution in [2.24, 2.45) is 0 Å². The van der Waals surface area contributed by atoms with Crippen LogP contribution in [0.3, 0.4) is 0 Å². The maximum Gasteiger partial charge on any atom is 0.307 e. The van der Waals surface area contributed by atoms with Crippen molar-refractivity contribution in [2.45, 2.75) is 12.5 Å². The molecule has 0 spiro atoms. The first-order valence-electron chi connectivity index (χ1n) is 7.20. The lowest BCUT2D eigenvalue weighted by atomic mass is 10.0. The molecular formula is C17H19NO5S. The van der Waals surface area contributed by atoms with Crippen molar-refractivity contribution in [3.05, 3.63) is 46.2 Å². The van der Waals surface area contributed by atoms with Crippen molar-refractivity contribution in [2.75, 3.05) is 21.3 Å². The molecule has 2 rings (SSSR count). The summed E-state index contributed by atoms with van der Waals surface area (Å²) in [4.78, 5) is 24.0. The van der Waals surface area contributed by atoms with Crippen molar-refractivity contribution < 1.29 is 23.8 Å². The monoisotopic (exact) mass is 349 g/mol. The number of carbonyl (C=O) groups is 2. The Kier molecular flexibility index (Phi) is 6.20. The minimum absolute atomic E-state index is 0.0157. The van der Waals surface area contributed by atoms with Crippen LogP contribution in [-0.4, -0.2) is 33.2 Å². The van der Waals surface area contributed by atoms with Crippen LogP contribution in [0, 0.1) is 0 Å². The van der Waals surface area contributed by atoms with Crippen molar-refractivity contribution in [1.29, 1.82) is 0 Å². The number of hydrogen-bond donors (Lipinski definition) is 1. The second kappa shape index (κ2) is 8.35. The van der Waals surface area contributed by atoms with Crippen LogP contribution < -0.4 is 14.8 Å².